The quantitative estimate of drug-likeness (QED) is 0.863. The van der Waals surface area contributed by atoms with Crippen LogP contribution >= 0.6 is 15.9 Å². The van der Waals surface area contributed by atoms with Gasteiger partial charge in [-0.15, -0.1) is 0 Å². The first-order chi connectivity index (χ1) is 9.66. The number of hydrogen-bond acceptors (Lipinski definition) is 2. The van der Waals surface area contributed by atoms with E-state index >= 15 is 0 Å². The molecule has 1 N–H and O–H groups in total. The van der Waals surface area contributed by atoms with Gasteiger partial charge in [0.1, 0.15) is 0 Å². The average molecular weight is 334 g/mol. The topological polar surface area (TPSA) is 50.2 Å². The Morgan fingerprint density at radius 1 is 1.25 bits per heavy atom. The predicted molar refractivity (Wildman–Crippen MR) is 82.2 cm³/mol. The van der Waals surface area contributed by atoms with E-state index in [9.17, 15) is 9.90 Å². The molecule has 0 unspecified atom stereocenters. The van der Waals surface area contributed by atoms with Gasteiger partial charge in [-0.2, -0.15) is 0 Å². The number of carboxylic acid groups (broad SMARTS) is 1. The van der Waals surface area contributed by atoms with Crippen LogP contribution in [-0.4, -0.2) is 16.1 Å². The smallest absolute Gasteiger partial charge is 0.336 e. The number of benzene rings is 1. The van der Waals surface area contributed by atoms with Crippen molar-refractivity contribution in [3.8, 4) is 0 Å². The maximum absolute atomic E-state index is 11.5. The second kappa shape index (κ2) is 5.52. The van der Waals surface area contributed by atoms with E-state index in [1.807, 2.05) is 18.2 Å². The van der Waals surface area contributed by atoms with Crippen molar-refractivity contribution < 1.29 is 9.90 Å². The largest absolute Gasteiger partial charge is 0.478 e. The first-order valence-corrected chi connectivity index (χ1v) is 7.78. The van der Waals surface area contributed by atoms with E-state index in [4.69, 9.17) is 4.98 Å². The van der Waals surface area contributed by atoms with E-state index in [0.717, 1.165) is 28.5 Å². The Labute approximate surface area is 126 Å². The fourth-order valence-corrected chi connectivity index (χ4v) is 3.47. The molecule has 20 heavy (non-hydrogen) atoms. The summed E-state index contributed by atoms with van der Waals surface area (Å²) in [7, 11) is 0. The van der Waals surface area contributed by atoms with Crippen LogP contribution in [0.15, 0.2) is 28.7 Å². The highest BCUT2D eigenvalue weighted by atomic mass is 79.9. The van der Waals surface area contributed by atoms with Crippen molar-refractivity contribution in [3.05, 3.63) is 40.0 Å². The van der Waals surface area contributed by atoms with Crippen LogP contribution in [-0.2, 0) is 0 Å². The number of carbonyl (C=O) groups is 1. The molecule has 2 aromatic rings. The Morgan fingerprint density at radius 3 is 2.70 bits per heavy atom. The summed E-state index contributed by atoms with van der Waals surface area (Å²) < 4.78 is 0.857. The van der Waals surface area contributed by atoms with E-state index in [1.54, 1.807) is 6.07 Å². The van der Waals surface area contributed by atoms with Crippen molar-refractivity contribution in [2.45, 2.75) is 38.0 Å². The average Bonchev–Trinajstić information content (AvgIpc) is 2.47. The molecule has 1 aromatic carbocycles. The second-order valence-corrected chi connectivity index (χ2v) is 6.23. The summed E-state index contributed by atoms with van der Waals surface area (Å²) in [6.07, 6.45) is 5.93. The first kappa shape index (κ1) is 13.6. The third-order valence-electron chi connectivity index (χ3n) is 4.06. The molecular weight excluding hydrogens is 318 g/mol. The van der Waals surface area contributed by atoms with Crippen LogP contribution in [0.1, 0.15) is 54.1 Å². The monoisotopic (exact) mass is 333 g/mol. The van der Waals surface area contributed by atoms with Crippen molar-refractivity contribution >= 4 is 32.8 Å². The molecule has 1 saturated carbocycles. The molecule has 1 aliphatic rings. The standard InChI is InChI=1S/C16H16BrNO2/c17-13-8-4-7-11-12(16(19)20)9-14(18-15(11)13)10-5-2-1-3-6-10/h4,7-10H,1-3,5-6H2,(H,19,20). The number of fused-ring (bicyclic) bond motifs is 1. The van der Waals surface area contributed by atoms with Gasteiger partial charge >= 0.3 is 5.97 Å². The van der Waals surface area contributed by atoms with E-state index in [2.05, 4.69) is 15.9 Å². The minimum absolute atomic E-state index is 0.358. The number of nitrogens with zero attached hydrogens (tertiary/aromatic N) is 1. The minimum Gasteiger partial charge on any atom is -0.478 e. The molecule has 1 aromatic heterocycles. The third kappa shape index (κ3) is 2.44. The summed E-state index contributed by atoms with van der Waals surface area (Å²) in [5.74, 6) is -0.481. The van der Waals surface area contributed by atoms with Crippen LogP contribution in [0.5, 0.6) is 0 Å². The van der Waals surface area contributed by atoms with Gasteiger partial charge in [-0.05, 0) is 40.9 Å². The SMILES string of the molecule is O=C(O)c1cc(C2CCCCC2)nc2c(Br)cccc12. The Balaban J connectivity index is 2.18. The first-order valence-electron chi connectivity index (χ1n) is 6.99. The number of aromatic nitrogens is 1. The molecule has 1 aliphatic carbocycles. The maximum atomic E-state index is 11.5. The number of aromatic carboxylic acids is 1. The lowest BCUT2D eigenvalue weighted by Crippen LogP contribution is -2.09. The maximum Gasteiger partial charge on any atom is 0.336 e. The lowest BCUT2D eigenvalue weighted by atomic mass is 9.86. The van der Waals surface area contributed by atoms with Gasteiger partial charge < -0.3 is 5.11 Å². The summed E-state index contributed by atoms with van der Waals surface area (Å²) in [6, 6.07) is 7.35. The normalized spacial score (nSPS) is 16.4. The number of rotatable bonds is 2. The molecule has 0 aliphatic heterocycles. The second-order valence-electron chi connectivity index (χ2n) is 5.37. The molecule has 0 amide bonds. The van der Waals surface area contributed by atoms with E-state index in [0.29, 0.717) is 16.9 Å². The Hall–Kier alpha value is -1.42. The summed E-state index contributed by atoms with van der Waals surface area (Å²) in [4.78, 5) is 16.2. The summed E-state index contributed by atoms with van der Waals surface area (Å²) in [5.41, 5.74) is 2.05. The van der Waals surface area contributed by atoms with Crippen LogP contribution in [0.25, 0.3) is 10.9 Å². The molecule has 4 heteroatoms. The Kier molecular flexibility index (Phi) is 3.74. The number of carboxylic acids is 1. The van der Waals surface area contributed by atoms with Crippen molar-refractivity contribution in [2.24, 2.45) is 0 Å². The number of halogens is 1. The Bertz CT molecular complexity index is 663. The molecule has 1 fully saturated rings. The third-order valence-corrected chi connectivity index (χ3v) is 4.70. The van der Waals surface area contributed by atoms with Gasteiger partial charge in [0, 0.05) is 21.5 Å². The molecule has 3 nitrogen and oxygen atoms in total. The van der Waals surface area contributed by atoms with Gasteiger partial charge in [-0.3, -0.25) is 4.98 Å². The molecule has 1 heterocycles. The lowest BCUT2D eigenvalue weighted by molar-refractivity contribution is 0.0699. The molecular formula is C16H16BrNO2. The highest BCUT2D eigenvalue weighted by Crippen LogP contribution is 2.34. The fourth-order valence-electron chi connectivity index (χ4n) is 3.02. The molecule has 0 atom stereocenters. The highest BCUT2D eigenvalue weighted by molar-refractivity contribution is 9.10. The zero-order valence-corrected chi connectivity index (χ0v) is 12.7. The predicted octanol–water partition coefficient (Wildman–Crippen LogP) is 4.74. The lowest BCUT2D eigenvalue weighted by Gasteiger charge is -2.22. The molecule has 104 valence electrons. The number of para-hydroxylation sites is 1. The number of pyridine rings is 1. The Morgan fingerprint density at radius 2 is 2.00 bits per heavy atom. The fraction of sp³-hybridized carbons (Fsp3) is 0.375. The van der Waals surface area contributed by atoms with Crippen LogP contribution in [0.2, 0.25) is 0 Å². The van der Waals surface area contributed by atoms with Gasteiger partial charge in [0.25, 0.3) is 0 Å². The van der Waals surface area contributed by atoms with Crippen molar-refractivity contribution in [1.82, 2.24) is 4.98 Å². The van der Waals surface area contributed by atoms with Crippen molar-refractivity contribution in [1.29, 1.82) is 0 Å². The van der Waals surface area contributed by atoms with Gasteiger partial charge in [0.2, 0.25) is 0 Å². The van der Waals surface area contributed by atoms with E-state index in [1.165, 1.54) is 19.3 Å². The van der Waals surface area contributed by atoms with Crippen molar-refractivity contribution in [2.75, 3.05) is 0 Å². The summed E-state index contributed by atoms with van der Waals surface area (Å²) in [6.45, 7) is 0. The van der Waals surface area contributed by atoms with Gasteiger partial charge in [0.05, 0.1) is 11.1 Å². The zero-order chi connectivity index (χ0) is 14.1. The van der Waals surface area contributed by atoms with E-state index in [-0.39, 0.29) is 0 Å². The van der Waals surface area contributed by atoms with Crippen LogP contribution < -0.4 is 0 Å². The molecule has 0 bridgehead atoms. The van der Waals surface area contributed by atoms with Gasteiger partial charge in [-0.25, -0.2) is 4.79 Å². The van der Waals surface area contributed by atoms with Crippen LogP contribution in [0, 0.1) is 0 Å². The molecule has 3 rings (SSSR count). The zero-order valence-electron chi connectivity index (χ0n) is 11.1. The molecule has 0 spiro atoms. The summed E-state index contributed by atoms with van der Waals surface area (Å²) in [5, 5.41) is 10.2. The van der Waals surface area contributed by atoms with Gasteiger partial charge in [0.15, 0.2) is 0 Å². The highest BCUT2D eigenvalue weighted by Gasteiger charge is 2.20. The summed E-state index contributed by atoms with van der Waals surface area (Å²) >= 11 is 3.48. The molecule has 0 saturated heterocycles. The minimum atomic E-state index is -0.882. The van der Waals surface area contributed by atoms with E-state index < -0.39 is 5.97 Å². The number of hydrogen-bond donors (Lipinski definition) is 1. The van der Waals surface area contributed by atoms with Gasteiger partial charge in [-0.1, -0.05) is 31.4 Å². The van der Waals surface area contributed by atoms with Crippen molar-refractivity contribution in [3.63, 3.8) is 0 Å². The van der Waals surface area contributed by atoms with Crippen LogP contribution in [0.3, 0.4) is 0 Å². The molecule has 0 radical (unpaired) electrons. The van der Waals surface area contributed by atoms with Crippen LogP contribution in [0.4, 0.5) is 0 Å².